The van der Waals surface area contributed by atoms with Crippen molar-refractivity contribution < 1.29 is 14.1 Å². The molecule has 1 aromatic heterocycles. The van der Waals surface area contributed by atoms with Crippen molar-refractivity contribution >= 4 is 17.5 Å². The summed E-state index contributed by atoms with van der Waals surface area (Å²) in [6.45, 7) is 2.69. The fourth-order valence-electron chi connectivity index (χ4n) is 3.09. The molecule has 1 saturated carbocycles. The molecule has 1 aliphatic rings. The number of nitriles is 1. The van der Waals surface area contributed by atoms with Crippen LogP contribution in [0, 0.1) is 17.2 Å². The number of quaternary nitrogens is 1. The summed E-state index contributed by atoms with van der Waals surface area (Å²) in [5.74, 6) is 1.76. The molecule has 0 saturated heterocycles. The van der Waals surface area contributed by atoms with E-state index in [2.05, 4.69) is 11.4 Å². The average molecular weight is 373 g/mol. The van der Waals surface area contributed by atoms with Gasteiger partial charge in [0.1, 0.15) is 17.8 Å². The Balaban J connectivity index is 1.55. The van der Waals surface area contributed by atoms with Crippen LogP contribution < -0.4 is 10.2 Å². The van der Waals surface area contributed by atoms with Crippen molar-refractivity contribution in [1.29, 1.82) is 5.26 Å². The lowest BCUT2D eigenvalue weighted by Crippen LogP contribution is -3.09. The lowest BCUT2D eigenvalue weighted by Gasteiger charge is -2.23. The van der Waals surface area contributed by atoms with Gasteiger partial charge in [-0.3, -0.25) is 4.79 Å². The van der Waals surface area contributed by atoms with Crippen LogP contribution in [-0.4, -0.2) is 25.0 Å². The first kappa shape index (κ1) is 18.5. The number of halogens is 1. The van der Waals surface area contributed by atoms with E-state index >= 15 is 0 Å². The highest BCUT2D eigenvalue weighted by molar-refractivity contribution is 6.30. The molecule has 5 nitrogen and oxygen atoms in total. The number of likely N-dealkylation sites (N-methyl/N-ethyl adjacent to an activating group) is 1. The van der Waals surface area contributed by atoms with Gasteiger partial charge in [-0.2, -0.15) is 5.26 Å². The van der Waals surface area contributed by atoms with E-state index in [-0.39, 0.29) is 11.8 Å². The minimum absolute atomic E-state index is 0.108. The highest BCUT2D eigenvalue weighted by Gasteiger charge is 2.43. The molecule has 0 bridgehead atoms. The van der Waals surface area contributed by atoms with Crippen LogP contribution in [0.4, 0.5) is 0 Å². The van der Waals surface area contributed by atoms with Crippen molar-refractivity contribution in [3.8, 4) is 17.4 Å². The summed E-state index contributed by atoms with van der Waals surface area (Å²) < 4.78 is 5.88. The van der Waals surface area contributed by atoms with Gasteiger partial charge >= 0.3 is 0 Å². The highest BCUT2D eigenvalue weighted by Crippen LogP contribution is 2.39. The molecule has 3 rings (SSSR count). The van der Waals surface area contributed by atoms with E-state index in [1.807, 2.05) is 50.4 Å². The second-order valence-electron chi connectivity index (χ2n) is 7.22. The van der Waals surface area contributed by atoms with Crippen molar-refractivity contribution in [2.24, 2.45) is 5.92 Å². The maximum Gasteiger partial charge on any atom is 0.276 e. The molecular formula is C20H23ClN3O2+. The number of furan rings is 1. The van der Waals surface area contributed by atoms with Gasteiger partial charge in [0.25, 0.3) is 5.91 Å². The van der Waals surface area contributed by atoms with Crippen LogP contribution in [-0.2, 0) is 11.3 Å². The average Bonchev–Trinajstić information content (AvgIpc) is 3.36. The first-order valence-electron chi connectivity index (χ1n) is 8.78. The number of amides is 1. The Hall–Kier alpha value is -2.29. The molecule has 26 heavy (non-hydrogen) atoms. The second kappa shape index (κ2) is 7.53. The Bertz CT molecular complexity index is 820. The molecule has 2 atom stereocenters. The quantitative estimate of drug-likeness (QED) is 0.784. The molecule has 1 aromatic carbocycles. The van der Waals surface area contributed by atoms with E-state index in [9.17, 15) is 10.1 Å². The van der Waals surface area contributed by atoms with Crippen molar-refractivity contribution in [2.45, 2.75) is 31.8 Å². The predicted octanol–water partition coefficient (Wildman–Crippen LogP) is 2.42. The maximum atomic E-state index is 12.3. The van der Waals surface area contributed by atoms with Crippen LogP contribution in [0.5, 0.6) is 0 Å². The van der Waals surface area contributed by atoms with Crippen LogP contribution in [0.1, 0.15) is 25.5 Å². The number of hydrogen-bond acceptors (Lipinski definition) is 3. The third kappa shape index (κ3) is 4.46. The Morgan fingerprint density at radius 3 is 2.65 bits per heavy atom. The molecule has 0 aliphatic heterocycles. The molecule has 1 unspecified atom stereocenters. The highest BCUT2D eigenvalue weighted by atomic mass is 35.5. The Labute approximate surface area is 158 Å². The topological polar surface area (TPSA) is 70.5 Å². The van der Waals surface area contributed by atoms with E-state index in [0.717, 1.165) is 34.8 Å². The molecule has 136 valence electrons. The summed E-state index contributed by atoms with van der Waals surface area (Å²) in [4.78, 5) is 13.3. The van der Waals surface area contributed by atoms with Gasteiger partial charge in [0, 0.05) is 10.6 Å². The monoisotopic (exact) mass is 372 g/mol. The summed E-state index contributed by atoms with van der Waals surface area (Å²) in [6.07, 6.45) is 2.01. The molecule has 1 aliphatic carbocycles. The molecule has 2 N–H and O–H groups in total. The SMILES string of the molecule is C[NH+](CC(=O)N[C@@](C)(C#N)C1CC1)Cc1ccc(-c2ccc(Cl)cc2)o1. The fraction of sp³-hybridized carbons (Fsp3) is 0.400. The van der Waals surface area contributed by atoms with Gasteiger partial charge in [-0.1, -0.05) is 11.6 Å². The van der Waals surface area contributed by atoms with Crippen LogP contribution in [0.25, 0.3) is 11.3 Å². The molecule has 1 heterocycles. The standard InChI is InChI=1S/C20H22ClN3O2/c1-20(13-22,15-5-6-15)23-19(25)12-24(2)11-17-9-10-18(26-17)14-3-7-16(21)8-4-14/h3-4,7-10,15H,5-6,11-12H2,1-2H3,(H,23,25)/p+1/t20-/m0/s1. The smallest absolute Gasteiger partial charge is 0.276 e. The van der Waals surface area contributed by atoms with Crippen LogP contribution in [0.3, 0.4) is 0 Å². The van der Waals surface area contributed by atoms with Crippen LogP contribution in [0.15, 0.2) is 40.8 Å². The zero-order valence-corrected chi connectivity index (χ0v) is 15.8. The van der Waals surface area contributed by atoms with Crippen LogP contribution in [0.2, 0.25) is 5.02 Å². The number of rotatable bonds is 7. The fourth-order valence-corrected chi connectivity index (χ4v) is 3.22. The van der Waals surface area contributed by atoms with Crippen molar-refractivity contribution in [3.05, 3.63) is 47.2 Å². The molecule has 1 fully saturated rings. The van der Waals surface area contributed by atoms with Gasteiger partial charge in [-0.25, -0.2) is 0 Å². The van der Waals surface area contributed by atoms with E-state index < -0.39 is 5.54 Å². The van der Waals surface area contributed by atoms with E-state index in [1.165, 1.54) is 0 Å². The Morgan fingerprint density at radius 1 is 1.35 bits per heavy atom. The van der Waals surface area contributed by atoms with Crippen LogP contribution >= 0.6 is 11.6 Å². The number of carbonyl (C=O) groups excluding carboxylic acids is 1. The number of nitrogens with one attached hydrogen (secondary N) is 2. The van der Waals surface area contributed by atoms with Gasteiger partial charge < -0.3 is 14.6 Å². The number of carbonyl (C=O) groups is 1. The third-order valence-electron chi connectivity index (χ3n) is 4.75. The Morgan fingerprint density at radius 2 is 2.04 bits per heavy atom. The molecule has 2 aromatic rings. The number of hydrogen-bond donors (Lipinski definition) is 2. The predicted molar refractivity (Wildman–Crippen MR) is 99.5 cm³/mol. The summed E-state index contributed by atoms with van der Waals surface area (Å²) in [6, 6.07) is 13.6. The first-order chi connectivity index (χ1) is 12.4. The second-order valence-corrected chi connectivity index (χ2v) is 7.66. The zero-order valence-electron chi connectivity index (χ0n) is 15.0. The molecule has 6 heteroatoms. The largest absolute Gasteiger partial charge is 0.455 e. The third-order valence-corrected chi connectivity index (χ3v) is 5.01. The number of nitrogens with zero attached hydrogens (tertiary/aromatic N) is 1. The zero-order chi connectivity index (χ0) is 18.7. The molecule has 0 spiro atoms. The summed E-state index contributed by atoms with van der Waals surface area (Å²) in [5, 5.41) is 12.9. The number of benzene rings is 1. The first-order valence-corrected chi connectivity index (χ1v) is 9.15. The molecule has 1 amide bonds. The van der Waals surface area contributed by atoms with Gasteiger partial charge in [0.05, 0.1) is 13.1 Å². The van der Waals surface area contributed by atoms with Gasteiger partial charge in [-0.15, -0.1) is 0 Å². The Kier molecular flexibility index (Phi) is 5.36. The lowest BCUT2D eigenvalue weighted by molar-refractivity contribution is -0.886. The summed E-state index contributed by atoms with van der Waals surface area (Å²) in [7, 11) is 1.94. The molecular weight excluding hydrogens is 350 g/mol. The molecule has 0 radical (unpaired) electrons. The van der Waals surface area contributed by atoms with Crippen molar-refractivity contribution in [3.63, 3.8) is 0 Å². The summed E-state index contributed by atoms with van der Waals surface area (Å²) in [5.41, 5.74) is 0.217. The van der Waals surface area contributed by atoms with Crippen molar-refractivity contribution in [2.75, 3.05) is 13.6 Å². The van der Waals surface area contributed by atoms with Gasteiger partial charge in [0.15, 0.2) is 12.3 Å². The van der Waals surface area contributed by atoms with E-state index in [1.54, 1.807) is 0 Å². The summed E-state index contributed by atoms with van der Waals surface area (Å²) >= 11 is 5.91. The van der Waals surface area contributed by atoms with E-state index in [0.29, 0.717) is 18.1 Å². The van der Waals surface area contributed by atoms with Crippen molar-refractivity contribution in [1.82, 2.24) is 5.32 Å². The van der Waals surface area contributed by atoms with Gasteiger partial charge in [-0.05, 0) is 62.1 Å². The maximum absolute atomic E-state index is 12.3. The van der Waals surface area contributed by atoms with E-state index in [4.69, 9.17) is 16.0 Å². The normalized spacial score (nSPS) is 17.2. The lowest BCUT2D eigenvalue weighted by atomic mass is 9.98. The minimum atomic E-state index is -0.746. The van der Waals surface area contributed by atoms with Gasteiger partial charge in [0.2, 0.25) is 0 Å². The minimum Gasteiger partial charge on any atom is -0.455 e.